The summed E-state index contributed by atoms with van der Waals surface area (Å²) in [6.45, 7) is 1.89. The van der Waals surface area contributed by atoms with Crippen LogP contribution in [0.1, 0.15) is 24.1 Å². The number of hydrogen-bond acceptors (Lipinski definition) is 4. The molecule has 1 atom stereocenters. The van der Waals surface area contributed by atoms with Crippen molar-refractivity contribution in [2.24, 2.45) is 0 Å². The fourth-order valence-electron chi connectivity index (χ4n) is 2.80. The molecule has 1 fully saturated rings. The molecule has 1 N–H and O–H groups in total. The fourth-order valence-corrected chi connectivity index (χ4v) is 4.16. The highest BCUT2D eigenvalue weighted by Gasteiger charge is 2.41. The number of thiocarbonyl (C=S) groups is 1. The molecule has 27 heavy (non-hydrogen) atoms. The van der Waals surface area contributed by atoms with Crippen LogP contribution in [-0.4, -0.2) is 26.2 Å². The zero-order valence-corrected chi connectivity index (χ0v) is 16.2. The highest BCUT2D eigenvalue weighted by atomic mass is 32.2. The van der Waals surface area contributed by atoms with Crippen LogP contribution in [0.3, 0.4) is 0 Å². The van der Waals surface area contributed by atoms with Crippen molar-refractivity contribution in [1.29, 1.82) is 0 Å². The number of rotatable bonds is 5. The monoisotopic (exact) mass is 395 g/mol. The SMILES string of the molecule is CC(=C/c1ccccc1)/C=C1/SC(=S)N([C@H](C(=O)O)c2ccccc2)C1=O. The minimum atomic E-state index is -1.14. The molecule has 136 valence electrons. The summed E-state index contributed by atoms with van der Waals surface area (Å²) >= 11 is 6.44. The average Bonchev–Trinajstić information content (AvgIpc) is 2.91. The summed E-state index contributed by atoms with van der Waals surface area (Å²) < 4.78 is 0.245. The van der Waals surface area contributed by atoms with Crippen LogP contribution in [0, 0.1) is 0 Å². The number of carboxylic acid groups (broad SMARTS) is 1. The van der Waals surface area contributed by atoms with Crippen molar-refractivity contribution in [2.45, 2.75) is 13.0 Å². The number of carbonyl (C=O) groups is 2. The molecule has 1 saturated heterocycles. The Labute approximate surface area is 167 Å². The third kappa shape index (κ3) is 4.35. The third-order valence-electron chi connectivity index (χ3n) is 3.98. The average molecular weight is 396 g/mol. The van der Waals surface area contributed by atoms with Crippen LogP contribution in [0.5, 0.6) is 0 Å². The van der Waals surface area contributed by atoms with Gasteiger partial charge in [0.15, 0.2) is 6.04 Å². The standard InChI is InChI=1S/C21H17NO3S2/c1-14(12-15-8-4-2-5-9-15)13-17-19(23)22(21(26)27-17)18(20(24)25)16-10-6-3-7-11-16/h2-13,18H,1H3,(H,24,25)/b14-12-,17-13+/t18-/m0/s1. The van der Waals surface area contributed by atoms with Gasteiger partial charge in [0.25, 0.3) is 5.91 Å². The predicted molar refractivity (Wildman–Crippen MR) is 112 cm³/mol. The molecule has 0 saturated carbocycles. The van der Waals surface area contributed by atoms with Gasteiger partial charge in [-0.05, 0) is 29.7 Å². The second kappa shape index (κ2) is 8.33. The molecule has 0 unspecified atom stereocenters. The maximum Gasteiger partial charge on any atom is 0.331 e. The molecule has 2 aromatic rings. The number of thioether (sulfide) groups is 1. The van der Waals surface area contributed by atoms with Crippen molar-refractivity contribution in [3.63, 3.8) is 0 Å². The predicted octanol–water partition coefficient (Wildman–Crippen LogP) is 4.66. The second-order valence-electron chi connectivity index (χ2n) is 6.00. The molecule has 0 spiro atoms. The lowest BCUT2D eigenvalue weighted by Gasteiger charge is -2.23. The van der Waals surface area contributed by atoms with E-state index in [0.29, 0.717) is 10.5 Å². The van der Waals surface area contributed by atoms with Crippen LogP contribution in [0.2, 0.25) is 0 Å². The second-order valence-corrected chi connectivity index (χ2v) is 7.68. The Bertz CT molecular complexity index is 936. The number of amides is 1. The van der Waals surface area contributed by atoms with Crippen LogP contribution in [0.15, 0.2) is 77.2 Å². The van der Waals surface area contributed by atoms with Crippen molar-refractivity contribution in [3.8, 4) is 0 Å². The first kappa shape index (κ1) is 19.1. The van der Waals surface area contributed by atoms with Crippen LogP contribution < -0.4 is 0 Å². The molecule has 0 aliphatic carbocycles. The summed E-state index contributed by atoms with van der Waals surface area (Å²) in [5.74, 6) is -1.50. The van der Waals surface area contributed by atoms with Crippen molar-refractivity contribution in [2.75, 3.05) is 0 Å². The van der Waals surface area contributed by atoms with Gasteiger partial charge in [-0.25, -0.2) is 4.79 Å². The topological polar surface area (TPSA) is 57.6 Å². The maximum atomic E-state index is 12.9. The summed E-state index contributed by atoms with van der Waals surface area (Å²) in [6, 6.07) is 17.3. The van der Waals surface area contributed by atoms with Crippen LogP contribution in [-0.2, 0) is 9.59 Å². The molecule has 1 heterocycles. The van der Waals surface area contributed by atoms with Crippen LogP contribution in [0.4, 0.5) is 0 Å². The first-order valence-electron chi connectivity index (χ1n) is 8.25. The largest absolute Gasteiger partial charge is 0.479 e. The lowest BCUT2D eigenvalue weighted by molar-refractivity contribution is -0.145. The van der Waals surface area contributed by atoms with E-state index < -0.39 is 12.0 Å². The van der Waals surface area contributed by atoms with E-state index >= 15 is 0 Å². The number of aliphatic carboxylic acids is 1. The van der Waals surface area contributed by atoms with Crippen molar-refractivity contribution < 1.29 is 14.7 Å². The van der Waals surface area contributed by atoms with Gasteiger partial charge in [0, 0.05) is 0 Å². The van der Waals surface area contributed by atoms with Gasteiger partial charge in [0.05, 0.1) is 4.91 Å². The van der Waals surface area contributed by atoms with Crippen LogP contribution >= 0.6 is 24.0 Å². The minimum Gasteiger partial charge on any atom is -0.479 e. The molecular weight excluding hydrogens is 378 g/mol. The van der Waals surface area contributed by atoms with Gasteiger partial charge in [-0.1, -0.05) is 90.7 Å². The van der Waals surface area contributed by atoms with Crippen LogP contribution in [0.25, 0.3) is 6.08 Å². The molecule has 6 heteroatoms. The lowest BCUT2D eigenvalue weighted by atomic mass is 10.1. The van der Waals surface area contributed by atoms with Crippen molar-refractivity contribution in [3.05, 3.63) is 88.3 Å². The van der Waals surface area contributed by atoms with E-state index in [4.69, 9.17) is 12.2 Å². The molecule has 4 nitrogen and oxygen atoms in total. The van der Waals surface area contributed by atoms with E-state index in [0.717, 1.165) is 22.9 Å². The fraction of sp³-hybridized carbons (Fsp3) is 0.0952. The van der Waals surface area contributed by atoms with Gasteiger partial charge in [0.2, 0.25) is 0 Å². The number of carboxylic acids is 1. The Morgan fingerprint density at radius 2 is 1.70 bits per heavy atom. The lowest BCUT2D eigenvalue weighted by Crippen LogP contribution is -2.37. The Hall–Kier alpha value is -2.70. The molecule has 0 bridgehead atoms. The molecule has 1 aliphatic heterocycles. The quantitative estimate of drug-likeness (QED) is 0.589. The van der Waals surface area contributed by atoms with Gasteiger partial charge in [-0.3, -0.25) is 9.69 Å². The Balaban J connectivity index is 1.90. The number of benzene rings is 2. The Morgan fingerprint density at radius 1 is 1.11 bits per heavy atom. The van der Waals surface area contributed by atoms with E-state index in [2.05, 4.69) is 0 Å². The molecule has 0 aromatic heterocycles. The van der Waals surface area contributed by atoms with E-state index in [9.17, 15) is 14.7 Å². The number of hydrogen-bond donors (Lipinski definition) is 1. The number of carbonyl (C=O) groups excluding carboxylic acids is 1. The highest BCUT2D eigenvalue weighted by molar-refractivity contribution is 8.26. The van der Waals surface area contributed by atoms with E-state index in [1.807, 2.05) is 43.3 Å². The van der Waals surface area contributed by atoms with Crippen molar-refractivity contribution in [1.82, 2.24) is 4.90 Å². The molecule has 1 aliphatic rings. The molecular formula is C21H17NO3S2. The van der Waals surface area contributed by atoms with Gasteiger partial charge in [-0.2, -0.15) is 0 Å². The van der Waals surface area contributed by atoms with Gasteiger partial charge >= 0.3 is 5.97 Å². The van der Waals surface area contributed by atoms with E-state index in [-0.39, 0.29) is 10.2 Å². The summed E-state index contributed by atoms with van der Waals surface area (Å²) in [5, 5.41) is 9.69. The van der Waals surface area contributed by atoms with Gasteiger partial charge < -0.3 is 5.11 Å². The molecule has 0 radical (unpaired) electrons. The summed E-state index contributed by atoms with van der Waals surface area (Å²) in [6.07, 6.45) is 3.70. The Kier molecular flexibility index (Phi) is 5.88. The Morgan fingerprint density at radius 3 is 2.30 bits per heavy atom. The highest BCUT2D eigenvalue weighted by Crippen LogP contribution is 2.38. The maximum absolute atomic E-state index is 12.9. The normalized spacial score (nSPS) is 17.4. The third-order valence-corrected chi connectivity index (χ3v) is 5.31. The molecule has 3 rings (SSSR count). The van der Waals surface area contributed by atoms with Gasteiger partial charge in [-0.15, -0.1) is 0 Å². The number of nitrogens with zero attached hydrogens (tertiary/aromatic N) is 1. The summed E-state index contributed by atoms with van der Waals surface area (Å²) in [7, 11) is 0. The zero-order chi connectivity index (χ0) is 19.4. The molecule has 2 aromatic carbocycles. The smallest absolute Gasteiger partial charge is 0.331 e. The van der Waals surface area contributed by atoms with E-state index in [1.165, 1.54) is 4.90 Å². The first-order valence-corrected chi connectivity index (χ1v) is 9.48. The molecule has 1 amide bonds. The minimum absolute atomic E-state index is 0.245. The summed E-state index contributed by atoms with van der Waals surface area (Å²) in [4.78, 5) is 26.3. The van der Waals surface area contributed by atoms with Crippen molar-refractivity contribution >= 4 is 46.3 Å². The summed E-state index contributed by atoms with van der Waals surface area (Å²) in [5.41, 5.74) is 2.42. The van der Waals surface area contributed by atoms with E-state index in [1.54, 1.807) is 36.4 Å². The van der Waals surface area contributed by atoms with Gasteiger partial charge in [0.1, 0.15) is 4.32 Å². The number of allylic oxidation sites excluding steroid dienone is 2. The first-order chi connectivity index (χ1) is 13.0. The zero-order valence-electron chi connectivity index (χ0n) is 14.5.